The molecule has 1 aliphatic heterocycles. The fraction of sp³-hybridized carbons (Fsp3) is 0.105. The Labute approximate surface area is 133 Å². The molecule has 0 radical (unpaired) electrons. The van der Waals surface area contributed by atoms with Crippen LogP contribution in [0.5, 0.6) is 0 Å². The minimum Gasteiger partial charge on any atom is -0.325 e. The molecule has 1 amide bonds. The van der Waals surface area contributed by atoms with Crippen LogP contribution >= 0.6 is 11.8 Å². The van der Waals surface area contributed by atoms with E-state index in [9.17, 15) is 4.79 Å². The van der Waals surface area contributed by atoms with E-state index < -0.39 is 0 Å². The van der Waals surface area contributed by atoms with Crippen molar-refractivity contribution in [2.75, 3.05) is 0 Å². The SMILES string of the molecule is O=C1Sc2ccccc2CN1Cc1cccc2ccccc12. The van der Waals surface area contributed by atoms with Gasteiger partial charge in [0.15, 0.2) is 0 Å². The van der Waals surface area contributed by atoms with E-state index in [0.717, 1.165) is 4.90 Å². The number of carbonyl (C=O) groups is 1. The van der Waals surface area contributed by atoms with Gasteiger partial charge >= 0.3 is 0 Å². The van der Waals surface area contributed by atoms with Gasteiger partial charge in [-0.25, -0.2) is 0 Å². The van der Waals surface area contributed by atoms with Crippen LogP contribution in [0, 0.1) is 0 Å². The fourth-order valence-corrected chi connectivity index (χ4v) is 3.78. The summed E-state index contributed by atoms with van der Waals surface area (Å²) in [5, 5.41) is 2.57. The monoisotopic (exact) mass is 305 g/mol. The second-order valence-corrected chi connectivity index (χ2v) is 6.46. The Morgan fingerprint density at radius 2 is 1.68 bits per heavy atom. The predicted octanol–water partition coefficient (Wildman–Crippen LogP) is 5.07. The number of nitrogens with zero attached hydrogens (tertiary/aromatic N) is 1. The van der Waals surface area contributed by atoms with Crippen molar-refractivity contribution in [1.82, 2.24) is 4.90 Å². The maximum Gasteiger partial charge on any atom is 0.287 e. The summed E-state index contributed by atoms with van der Waals surface area (Å²) in [6, 6.07) is 22.8. The number of carbonyl (C=O) groups excluding carboxylic acids is 1. The molecule has 22 heavy (non-hydrogen) atoms. The van der Waals surface area contributed by atoms with Crippen molar-refractivity contribution < 1.29 is 4.79 Å². The van der Waals surface area contributed by atoms with Gasteiger partial charge in [0.1, 0.15) is 0 Å². The normalized spacial score (nSPS) is 14.2. The van der Waals surface area contributed by atoms with E-state index in [2.05, 4.69) is 36.4 Å². The number of hydrogen-bond donors (Lipinski definition) is 0. The Morgan fingerprint density at radius 3 is 2.64 bits per heavy atom. The summed E-state index contributed by atoms with van der Waals surface area (Å²) in [4.78, 5) is 15.4. The second-order valence-electron chi connectivity index (χ2n) is 5.47. The van der Waals surface area contributed by atoms with Crippen LogP contribution in [0.4, 0.5) is 4.79 Å². The smallest absolute Gasteiger partial charge is 0.287 e. The van der Waals surface area contributed by atoms with Gasteiger partial charge in [-0.3, -0.25) is 4.79 Å². The van der Waals surface area contributed by atoms with Gasteiger partial charge in [-0.15, -0.1) is 0 Å². The first-order chi connectivity index (χ1) is 10.8. The molecule has 1 aliphatic rings. The molecule has 0 N–H and O–H groups in total. The molecule has 1 heterocycles. The topological polar surface area (TPSA) is 20.3 Å². The molecule has 2 nitrogen and oxygen atoms in total. The van der Waals surface area contributed by atoms with Crippen molar-refractivity contribution >= 4 is 27.8 Å². The minimum absolute atomic E-state index is 0.131. The molecule has 0 unspecified atom stereocenters. The van der Waals surface area contributed by atoms with Crippen molar-refractivity contribution in [1.29, 1.82) is 0 Å². The van der Waals surface area contributed by atoms with Crippen LogP contribution < -0.4 is 0 Å². The highest BCUT2D eigenvalue weighted by Crippen LogP contribution is 2.33. The lowest BCUT2D eigenvalue weighted by Gasteiger charge is -2.28. The number of benzene rings is 3. The van der Waals surface area contributed by atoms with E-state index in [-0.39, 0.29) is 5.24 Å². The number of amides is 1. The highest BCUT2D eigenvalue weighted by Gasteiger charge is 2.23. The highest BCUT2D eigenvalue weighted by atomic mass is 32.2. The van der Waals surface area contributed by atoms with Crippen molar-refractivity contribution in [3.8, 4) is 0 Å². The average molecular weight is 305 g/mol. The number of thioether (sulfide) groups is 1. The predicted molar refractivity (Wildman–Crippen MR) is 90.9 cm³/mol. The fourth-order valence-electron chi connectivity index (χ4n) is 2.92. The molecule has 0 atom stereocenters. The zero-order valence-corrected chi connectivity index (χ0v) is 12.8. The van der Waals surface area contributed by atoms with Crippen LogP contribution in [0.25, 0.3) is 10.8 Å². The quantitative estimate of drug-likeness (QED) is 0.659. The summed E-state index contributed by atoms with van der Waals surface area (Å²) < 4.78 is 0. The van der Waals surface area contributed by atoms with E-state index in [1.54, 1.807) is 0 Å². The Morgan fingerprint density at radius 1 is 0.909 bits per heavy atom. The second kappa shape index (κ2) is 5.50. The lowest BCUT2D eigenvalue weighted by molar-refractivity contribution is 0.216. The summed E-state index contributed by atoms with van der Waals surface area (Å²) in [5.41, 5.74) is 2.43. The molecule has 4 rings (SSSR count). The molecule has 108 valence electrons. The molecule has 0 fully saturated rings. The van der Waals surface area contributed by atoms with E-state index >= 15 is 0 Å². The number of rotatable bonds is 2. The first-order valence-corrected chi connectivity index (χ1v) is 8.14. The molecule has 0 spiro atoms. The van der Waals surface area contributed by atoms with Gasteiger partial charge in [0.05, 0.1) is 0 Å². The first kappa shape index (κ1) is 13.4. The molecule has 3 aromatic carbocycles. The van der Waals surface area contributed by atoms with E-state index in [0.29, 0.717) is 13.1 Å². The molecule has 0 aromatic heterocycles. The minimum atomic E-state index is 0.131. The highest BCUT2D eigenvalue weighted by molar-refractivity contribution is 8.13. The molecule has 0 saturated carbocycles. The van der Waals surface area contributed by atoms with Gasteiger partial charge in [-0.2, -0.15) is 0 Å². The van der Waals surface area contributed by atoms with Gasteiger partial charge in [-0.1, -0.05) is 60.7 Å². The van der Waals surface area contributed by atoms with Gasteiger partial charge in [0.2, 0.25) is 0 Å². The maximum absolute atomic E-state index is 12.4. The average Bonchev–Trinajstić information content (AvgIpc) is 2.56. The molecule has 3 aromatic rings. The first-order valence-electron chi connectivity index (χ1n) is 7.32. The zero-order chi connectivity index (χ0) is 14.9. The molecule has 0 saturated heterocycles. The summed E-state index contributed by atoms with van der Waals surface area (Å²) in [5.74, 6) is 0. The molecule has 3 heteroatoms. The molecular weight excluding hydrogens is 290 g/mol. The van der Waals surface area contributed by atoms with Crippen LogP contribution in [0.3, 0.4) is 0 Å². The lowest BCUT2D eigenvalue weighted by Crippen LogP contribution is -2.29. The van der Waals surface area contributed by atoms with Crippen LogP contribution in [0.15, 0.2) is 71.6 Å². The Bertz CT molecular complexity index is 853. The lowest BCUT2D eigenvalue weighted by atomic mass is 10.0. The molecule has 0 bridgehead atoms. The largest absolute Gasteiger partial charge is 0.325 e. The number of fused-ring (bicyclic) bond motifs is 2. The maximum atomic E-state index is 12.4. The third kappa shape index (κ3) is 2.38. The van der Waals surface area contributed by atoms with Crippen LogP contribution in [-0.2, 0) is 13.1 Å². The summed E-state index contributed by atoms with van der Waals surface area (Å²) >= 11 is 1.33. The van der Waals surface area contributed by atoms with Crippen molar-refractivity contribution in [3.63, 3.8) is 0 Å². The standard InChI is InChI=1S/C19H15NOS/c21-19-20(13-16-7-2-4-11-18(16)22-19)12-15-9-5-8-14-6-1-3-10-17(14)15/h1-11H,12-13H2. The number of hydrogen-bond acceptors (Lipinski definition) is 2. The Balaban J connectivity index is 1.67. The van der Waals surface area contributed by atoms with Crippen LogP contribution in [0.2, 0.25) is 0 Å². The van der Waals surface area contributed by atoms with Crippen molar-refractivity contribution in [2.24, 2.45) is 0 Å². The Kier molecular flexibility index (Phi) is 3.35. The van der Waals surface area contributed by atoms with Gasteiger partial charge < -0.3 is 4.90 Å². The van der Waals surface area contributed by atoms with E-state index in [1.165, 1.54) is 33.7 Å². The van der Waals surface area contributed by atoms with Gasteiger partial charge in [0.25, 0.3) is 5.24 Å². The van der Waals surface area contributed by atoms with Crippen LogP contribution in [0.1, 0.15) is 11.1 Å². The van der Waals surface area contributed by atoms with E-state index in [4.69, 9.17) is 0 Å². The third-order valence-electron chi connectivity index (χ3n) is 4.03. The van der Waals surface area contributed by atoms with Crippen LogP contribution in [-0.4, -0.2) is 10.1 Å². The van der Waals surface area contributed by atoms with Gasteiger partial charge in [0, 0.05) is 18.0 Å². The van der Waals surface area contributed by atoms with Crippen molar-refractivity contribution in [2.45, 2.75) is 18.0 Å². The summed E-state index contributed by atoms with van der Waals surface area (Å²) in [6.45, 7) is 1.34. The summed E-state index contributed by atoms with van der Waals surface area (Å²) in [6.07, 6.45) is 0. The summed E-state index contributed by atoms with van der Waals surface area (Å²) in [7, 11) is 0. The van der Waals surface area contributed by atoms with E-state index in [1.807, 2.05) is 35.2 Å². The van der Waals surface area contributed by atoms with Crippen molar-refractivity contribution in [3.05, 3.63) is 77.9 Å². The zero-order valence-electron chi connectivity index (χ0n) is 12.0. The van der Waals surface area contributed by atoms with Gasteiger partial charge in [-0.05, 0) is 39.7 Å². The Hall–Kier alpha value is -2.26. The molecule has 0 aliphatic carbocycles. The third-order valence-corrected chi connectivity index (χ3v) is 5.08. The molecular formula is C19H15NOS.